The molecule has 0 aromatic heterocycles. The van der Waals surface area contributed by atoms with E-state index in [4.69, 9.17) is 5.11 Å². The summed E-state index contributed by atoms with van der Waals surface area (Å²) in [6, 6.07) is 0.526. The fourth-order valence-electron chi connectivity index (χ4n) is 2.71. The first-order chi connectivity index (χ1) is 9.59. The molecule has 0 saturated carbocycles. The number of carbonyl (C=O) groups excluding carboxylic acids is 1. The van der Waals surface area contributed by atoms with Crippen molar-refractivity contribution in [3.8, 4) is 0 Å². The minimum atomic E-state index is -0.744. The van der Waals surface area contributed by atoms with Crippen LogP contribution in [0.5, 0.6) is 0 Å². The van der Waals surface area contributed by atoms with Crippen LogP contribution >= 0.6 is 0 Å². The van der Waals surface area contributed by atoms with E-state index in [0.29, 0.717) is 18.4 Å². The number of carboxylic acids is 1. The summed E-state index contributed by atoms with van der Waals surface area (Å²) < 4.78 is 0. The molecule has 5 nitrogen and oxygen atoms in total. The average molecular weight is 298 g/mol. The highest BCUT2D eigenvalue weighted by atomic mass is 16.4. The average Bonchev–Trinajstić information content (AvgIpc) is 2.34. The molecule has 1 heterocycles. The van der Waals surface area contributed by atoms with E-state index in [0.717, 1.165) is 19.5 Å². The molecule has 1 saturated heterocycles. The lowest BCUT2D eigenvalue weighted by Gasteiger charge is -2.41. The number of carboxylic acid groups (broad SMARTS) is 1. The number of nitrogens with one attached hydrogen (secondary N) is 1. The maximum Gasteiger partial charge on any atom is 0.303 e. The van der Waals surface area contributed by atoms with Crippen molar-refractivity contribution in [3.63, 3.8) is 0 Å². The van der Waals surface area contributed by atoms with Crippen molar-refractivity contribution in [1.82, 2.24) is 10.2 Å². The molecule has 1 rings (SSSR count). The van der Waals surface area contributed by atoms with E-state index >= 15 is 0 Å². The molecule has 2 atom stereocenters. The molecule has 0 aromatic rings. The van der Waals surface area contributed by atoms with Crippen LogP contribution in [0.25, 0.3) is 0 Å². The number of likely N-dealkylation sites (tertiary alicyclic amines) is 1. The lowest BCUT2D eigenvalue weighted by molar-refractivity contribution is -0.137. The van der Waals surface area contributed by atoms with E-state index < -0.39 is 11.4 Å². The smallest absolute Gasteiger partial charge is 0.303 e. The third kappa shape index (κ3) is 6.04. The van der Waals surface area contributed by atoms with Crippen molar-refractivity contribution < 1.29 is 14.7 Å². The Kier molecular flexibility index (Phi) is 6.20. The summed E-state index contributed by atoms with van der Waals surface area (Å²) in [4.78, 5) is 25.3. The van der Waals surface area contributed by atoms with E-state index in [2.05, 4.69) is 24.1 Å². The van der Waals surface area contributed by atoms with Crippen molar-refractivity contribution >= 4 is 11.9 Å². The third-order valence-corrected chi connectivity index (χ3v) is 4.08. The topological polar surface area (TPSA) is 69.6 Å². The number of nitrogens with zero attached hydrogens (tertiary/aromatic N) is 1. The van der Waals surface area contributed by atoms with Gasteiger partial charge in [-0.2, -0.15) is 0 Å². The van der Waals surface area contributed by atoms with Crippen LogP contribution in [0.2, 0.25) is 0 Å². The zero-order chi connectivity index (χ0) is 16.2. The summed E-state index contributed by atoms with van der Waals surface area (Å²) in [5.41, 5.74) is -0.392. The Balaban J connectivity index is 2.65. The van der Waals surface area contributed by atoms with Gasteiger partial charge >= 0.3 is 5.97 Å². The molecule has 122 valence electrons. The van der Waals surface area contributed by atoms with Crippen LogP contribution in [0, 0.1) is 11.3 Å². The Hall–Kier alpha value is -1.10. The molecule has 0 radical (unpaired) electrons. The van der Waals surface area contributed by atoms with E-state index in [-0.39, 0.29) is 18.4 Å². The second-order valence-electron chi connectivity index (χ2n) is 7.50. The molecule has 1 aliphatic rings. The quantitative estimate of drug-likeness (QED) is 0.815. The van der Waals surface area contributed by atoms with Crippen LogP contribution in [0.4, 0.5) is 0 Å². The normalized spacial score (nSPS) is 24.1. The number of carbonyl (C=O) groups is 2. The lowest BCUT2D eigenvalue weighted by atomic mass is 9.88. The summed E-state index contributed by atoms with van der Waals surface area (Å²) in [5.74, 6) is -0.343. The van der Waals surface area contributed by atoms with Gasteiger partial charge in [-0.15, -0.1) is 0 Å². The Labute approximate surface area is 128 Å². The van der Waals surface area contributed by atoms with Gasteiger partial charge < -0.3 is 10.4 Å². The number of hydrogen-bond donors (Lipinski definition) is 2. The summed E-state index contributed by atoms with van der Waals surface area (Å²) in [7, 11) is 0. The number of aliphatic carboxylic acids is 1. The predicted octanol–water partition coefficient (Wildman–Crippen LogP) is 2.11. The van der Waals surface area contributed by atoms with Crippen LogP contribution in [0.3, 0.4) is 0 Å². The molecule has 0 aromatic carbocycles. The minimum absolute atomic E-state index is 0.0649. The number of hydrogen-bond acceptors (Lipinski definition) is 3. The summed E-state index contributed by atoms with van der Waals surface area (Å²) in [6.07, 6.45) is 1.76. The second-order valence-corrected chi connectivity index (χ2v) is 7.50. The van der Waals surface area contributed by atoms with Crippen LogP contribution < -0.4 is 5.32 Å². The molecule has 1 fully saturated rings. The molecule has 1 aliphatic heterocycles. The maximum absolute atomic E-state index is 12.2. The van der Waals surface area contributed by atoms with Crippen LogP contribution in [-0.2, 0) is 9.59 Å². The van der Waals surface area contributed by atoms with Gasteiger partial charge in [0.1, 0.15) is 0 Å². The standard InChI is InChI=1S/C16H30N2O3/c1-11(2)18-9-12(6-7-14(19)20)8-13(10-18)17-15(21)16(3,4)5/h11-13H,6-10H2,1-5H3,(H,17,21)(H,19,20). The summed E-state index contributed by atoms with van der Waals surface area (Å²) in [6.45, 7) is 11.8. The van der Waals surface area contributed by atoms with Gasteiger partial charge in [-0.1, -0.05) is 20.8 Å². The molecule has 1 amide bonds. The van der Waals surface area contributed by atoms with Crippen molar-refractivity contribution in [3.05, 3.63) is 0 Å². The molecule has 2 N–H and O–H groups in total. The monoisotopic (exact) mass is 298 g/mol. The van der Waals surface area contributed by atoms with Crippen LogP contribution in [0.15, 0.2) is 0 Å². The number of amides is 1. The van der Waals surface area contributed by atoms with E-state index in [1.54, 1.807) is 0 Å². The van der Waals surface area contributed by atoms with Crippen molar-refractivity contribution in [1.29, 1.82) is 0 Å². The summed E-state index contributed by atoms with van der Waals surface area (Å²) >= 11 is 0. The van der Waals surface area contributed by atoms with Gasteiger partial charge in [0.15, 0.2) is 0 Å². The molecule has 0 spiro atoms. The largest absolute Gasteiger partial charge is 0.481 e. The molecule has 21 heavy (non-hydrogen) atoms. The minimum Gasteiger partial charge on any atom is -0.481 e. The first kappa shape index (κ1) is 18.0. The molecular formula is C16H30N2O3. The van der Waals surface area contributed by atoms with Gasteiger partial charge in [-0.05, 0) is 32.6 Å². The lowest BCUT2D eigenvalue weighted by Crippen LogP contribution is -2.54. The predicted molar refractivity (Wildman–Crippen MR) is 83.1 cm³/mol. The second kappa shape index (κ2) is 7.25. The van der Waals surface area contributed by atoms with Crippen LogP contribution in [0.1, 0.15) is 53.9 Å². The molecule has 0 bridgehead atoms. The molecular weight excluding hydrogens is 268 g/mol. The van der Waals surface area contributed by atoms with Crippen molar-refractivity contribution in [2.75, 3.05) is 13.1 Å². The zero-order valence-electron chi connectivity index (χ0n) is 14.0. The van der Waals surface area contributed by atoms with Gasteiger partial charge in [-0.3, -0.25) is 14.5 Å². The molecule has 5 heteroatoms. The fraction of sp³-hybridized carbons (Fsp3) is 0.875. The maximum atomic E-state index is 12.2. The molecule has 2 unspecified atom stereocenters. The van der Waals surface area contributed by atoms with E-state index in [9.17, 15) is 9.59 Å². The molecule has 0 aliphatic carbocycles. The van der Waals surface area contributed by atoms with E-state index in [1.807, 2.05) is 20.8 Å². The first-order valence-electron chi connectivity index (χ1n) is 7.86. The Morgan fingerprint density at radius 2 is 1.90 bits per heavy atom. The zero-order valence-corrected chi connectivity index (χ0v) is 14.0. The highest BCUT2D eigenvalue weighted by Gasteiger charge is 2.31. The summed E-state index contributed by atoms with van der Waals surface area (Å²) in [5, 5.41) is 12.0. The Morgan fingerprint density at radius 3 is 2.38 bits per heavy atom. The fourth-order valence-corrected chi connectivity index (χ4v) is 2.71. The first-order valence-corrected chi connectivity index (χ1v) is 7.86. The van der Waals surface area contributed by atoms with Gasteiger partial charge in [0.2, 0.25) is 5.91 Å². The van der Waals surface area contributed by atoms with Crippen molar-refractivity contribution in [2.45, 2.75) is 66.0 Å². The van der Waals surface area contributed by atoms with Gasteiger partial charge in [0, 0.05) is 37.0 Å². The highest BCUT2D eigenvalue weighted by molar-refractivity contribution is 5.81. The van der Waals surface area contributed by atoms with Gasteiger partial charge in [-0.25, -0.2) is 0 Å². The highest BCUT2D eigenvalue weighted by Crippen LogP contribution is 2.24. The third-order valence-electron chi connectivity index (χ3n) is 4.08. The SMILES string of the molecule is CC(C)N1CC(CCC(=O)O)CC(NC(=O)C(C)(C)C)C1. The Bertz CT molecular complexity index is 374. The number of piperidine rings is 1. The van der Waals surface area contributed by atoms with Gasteiger partial charge in [0.25, 0.3) is 0 Å². The van der Waals surface area contributed by atoms with Crippen LogP contribution in [-0.4, -0.2) is 47.1 Å². The van der Waals surface area contributed by atoms with Crippen molar-refractivity contribution in [2.24, 2.45) is 11.3 Å². The van der Waals surface area contributed by atoms with E-state index in [1.165, 1.54) is 0 Å². The van der Waals surface area contributed by atoms with Gasteiger partial charge in [0.05, 0.1) is 0 Å². The number of rotatable bonds is 5. The Morgan fingerprint density at radius 1 is 1.29 bits per heavy atom.